The number of hydrogen-bond acceptors (Lipinski definition) is 4. The molecule has 5 nitrogen and oxygen atoms in total. The van der Waals surface area contributed by atoms with Gasteiger partial charge < -0.3 is 19.0 Å². The smallest absolute Gasteiger partial charge is 0.149 e. The molecule has 1 radical (unpaired) electrons. The topological polar surface area (TPSA) is 67.6 Å². The molecule has 0 unspecified atom stereocenters. The molecule has 0 aliphatic rings. The van der Waals surface area contributed by atoms with Crippen molar-refractivity contribution in [3.63, 3.8) is 0 Å². The maximum Gasteiger partial charge on any atom is 0.149 e. The molecule has 9 aromatic rings. The van der Waals surface area contributed by atoms with E-state index in [0.717, 1.165) is 38.6 Å². The minimum atomic E-state index is -0.492. The Hall–Kier alpha value is -5.93. The van der Waals surface area contributed by atoms with E-state index < -0.39 is 5.82 Å². The Bertz CT molecular complexity index is 2840. The van der Waals surface area contributed by atoms with Crippen LogP contribution >= 0.6 is 0 Å². The first-order valence-electron chi connectivity index (χ1n) is 18.3. The van der Waals surface area contributed by atoms with Crippen molar-refractivity contribution < 1.29 is 28.9 Å². The summed E-state index contributed by atoms with van der Waals surface area (Å²) in [5.74, 6) is -0.492. The number of hydrogen-bond donors (Lipinski definition) is 0. The number of para-hydroxylation sites is 2. The molecular formula is C49H39FIrN4O-2. The zero-order chi connectivity index (χ0) is 38.5. The van der Waals surface area contributed by atoms with E-state index in [4.69, 9.17) is 4.42 Å². The van der Waals surface area contributed by atoms with Crippen LogP contribution in [0.15, 0.2) is 132 Å². The maximum absolute atomic E-state index is 16.1. The molecule has 0 fully saturated rings. The number of benzene rings is 5. The fourth-order valence-corrected chi connectivity index (χ4v) is 7.24. The second-order valence-electron chi connectivity index (χ2n) is 15.7. The van der Waals surface area contributed by atoms with Crippen LogP contribution in [0.25, 0.3) is 71.9 Å². The molecule has 0 aliphatic heterocycles. The first kappa shape index (κ1) is 38.3. The largest absolute Gasteiger partial charge is 0.498 e. The number of furan rings is 1. The number of nitrogens with zero attached hydrogens (tertiary/aromatic N) is 4. The number of aromatic nitrogens is 3. The molecule has 0 saturated carbocycles. The summed E-state index contributed by atoms with van der Waals surface area (Å²) in [6.07, 6.45) is 3.67. The van der Waals surface area contributed by atoms with Gasteiger partial charge in [0.05, 0.1) is 22.2 Å². The van der Waals surface area contributed by atoms with Gasteiger partial charge in [0.15, 0.2) is 0 Å². The van der Waals surface area contributed by atoms with Crippen molar-refractivity contribution >= 4 is 43.7 Å². The molecule has 0 amide bonds. The van der Waals surface area contributed by atoms with E-state index in [2.05, 4.69) is 94.0 Å². The molecule has 279 valence electrons. The van der Waals surface area contributed by atoms with Crippen LogP contribution in [-0.4, -0.2) is 14.5 Å². The Morgan fingerprint density at radius 3 is 1.96 bits per heavy atom. The molecule has 7 heteroatoms. The zero-order valence-electron chi connectivity index (χ0n) is 32.0. The van der Waals surface area contributed by atoms with Gasteiger partial charge in [0, 0.05) is 48.7 Å². The first-order chi connectivity index (χ1) is 26.5. The fraction of sp³-hybridized carbons (Fsp3) is 0.163. The van der Waals surface area contributed by atoms with Crippen molar-refractivity contribution in [2.24, 2.45) is 0 Å². The van der Waals surface area contributed by atoms with Crippen LogP contribution in [-0.2, 0) is 30.9 Å². The van der Waals surface area contributed by atoms with E-state index in [1.54, 1.807) is 6.20 Å². The van der Waals surface area contributed by atoms with Crippen LogP contribution in [0.1, 0.15) is 58.2 Å². The van der Waals surface area contributed by atoms with E-state index in [-0.39, 0.29) is 36.5 Å². The van der Waals surface area contributed by atoms with Crippen molar-refractivity contribution in [1.82, 2.24) is 14.5 Å². The Morgan fingerprint density at radius 2 is 1.39 bits per heavy atom. The Labute approximate surface area is 339 Å². The summed E-state index contributed by atoms with van der Waals surface area (Å²) >= 11 is 0. The third-order valence-electron chi connectivity index (χ3n) is 10.0. The predicted molar refractivity (Wildman–Crippen MR) is 221 cm³/mol. The zero-order valence-corrected chi connectivity index (χ0v) is 34.4. The van der Waals surface area contributed by atoms with E-state index >= 15 is 4.39 Å². The van der Waals surface area contributed by atoms with Crippen molar-refractivity contribution in [3.8, 4) is 34.3 Å². The standard InChI is InChI=1S/C34H23FN3O.C15H16N.Ir/c1-34(2,3)24-16-15-23(26-12-8-9-17-37-26)32-29(24)30-25(35)18-20(19-36)31(33(30)39-32)38-27-13-6-4-10-21(27)22-11-5-7-14-28(22)38;1-15(2,3)13-9-10-14(16-11-13)12-7-5-4-6-8-12;/h4-14,16-18H,1-3H3;4-7,9-11H,1-3H3;/q2*-1;. The Kier molecular flexibility index (Phi) is 10.2. The van der Waals surface area contributed by atoms with Gasteiger partial charge in [0.1, 0.15) is 23.2 Å². The monoisotopic (exact) mass is 911 g/mol. The number of rotatable bonds is 3. The summed E-state index contributed by atoms with van der Waals surface area (Å²) < 4.78 is 24.8. The van der Waals surface area contributed by atoms with Gasteiger partial charge in [-0.25, -0.2) is 4.39 Å². The summed E-state index contributed by atoms with van der Waals surface area (Å²) in [4.78, 5) is 9.01. The van der Waals surface area contributed by atoms with Gasteiger partial charge in [-0.15, -0.1) is 53.6 Å². The first-order valence-corrected chi connectivity index (χ1v) is 18.3. The van der Waals surface area contributed by atoms with E-state index in [1.165, 1.54) is 11.6 Å². The molecular weight excluding hydrogens is 872 g/mol. The number of pyridine rings is 2. The average molecular weight is 911 g/mol. The van der Waals surface area contributed by atoms with Gasteiger partial charge in [0.2, 0.25) is 0 Å². The molecule has 56 heavy (non-hydrogen) atoms. The molecule has 0 bridgehead atoms. The average Bonchev–Trinajstić information content (AvgIpc) is 3.75. The van der Waals surface area contributed by atoms with Gasteiger partial charge in [-0.1, -0.05) is 108 Å². The summed E-state index contributed by atoms with van der Waals surface area (Å²) in [7, 11) is 0. The second-order valence-corrected chi connectivity index (χ2v) is 15.7. The minimum absolute atomic E-state index is 0. The van der Waals surface area contributed by atoms with Crippen LogP contribution < -0.4 is 0 Å². The number of fused-ring (bicyclic) bond motifs is 6. The normalized spacial score (nSPS) is 11.7. The van der Waals surface area contributed by atoms with Crippen molar-refractivity contribution in [2.75, 3.05) is 0 Å². The molecule has 5 aromatic carbocycles. The molecule has 0 N–H and O–H groups in total. The van der Waals surface area contributed by atoms with E-state index in [0.29, 0.717) is 38.9 Å². The van der Waals surface area contributed by atoms with Gasteiger partial charge in [-0.3, -0.25) is 0 Å². The molecule has 0 atom stereocenters. The van der Waals surface area contributed by atoms with Crippen LogP contribution in [0, 0.1) is 29.3 Å². The fourth-order valence-electron chi connectivity index (χ4n) is 7.24. The van der Waals surface area contributed by atoms with Gasteiger partial charge >= 0.3 is 0 Å². The summed E-state index contributed by atoms with van der Waals surface area (Å²) in [6, 6.07) is 45.9. The Morgan fingerprint density at radius 1 is 0.714 bits per heavy atom. The van der Waals surface area contributed by atoms with E-state index in [1.807, 2.05) is 95.7 Å². The van der Waals surface area contributed by atoms with Gasteiger partial charge in [-0.2, -0.15) is 5.26 Å². The second kappa shape index (κ2) is 15.0. The van der Waals surface area contributed by atoms with Crippen molar-refractivity contribution in [1.29, 1.82) is 5.26 Å². The van der Waals surface area contributed by atoms with Crippen LogP contribution in [0.3, 0.4) is 0 Å². The van der Waals surface area contributed by atoms with Crippen LogP contribution in [0.2, 0.25) is 0 Å². The maximum atomic E-state index is 16.1. The summed E-state index contributed by atoms with van der Waals surface area (Å²) in [6.45, 7) is 12.8. The molecule has 4 aromatic heterocycles. The summed E-state index contributed by atoms with van der Waals surface area (Å²) in [5.41, 5.74) is 8.75. The SMILES string of the molecule is CC(C)(C)c1c[c-]c(-c2ccccn2)c2oc3c(-n4c5ccccc5c5ccccc54)c(C#N)cc(F)c3c12.CC(C)(C)c1ccc(-c2[c-]cccc2)nc1.[Ir]. The molecule has 0 aliphatic carbocycles. The minimum Gasteiger partial charge on any atom is -0.498 e. The van der Waals surface area contributed by atoms with Crippen LogP contribution in [0.5, 0.6) is 0 Å². The van der Waals surface area contributed by atoms with Crippen molar-refractivity contribution in [3.05, 3.63) is 162 Å². The quantitative estimate of drug-likeness (QED) is 0.166. The third kappa shape index (κ3) is 6.81. The van der Waals surface area contributed by atoms with Gasteiger partial charge in [-0.05, 0) is 57.4 Å². The predicted octanol–water partition coefficient (Wildman–Crippen LogP) is 12.7. The third-order valence-corrected chi connectivity index (χ3v) is 10.0. The van der Waals surface area contributed by atoms with Crippen molar-refractivity contribution in [2.45, 2.75) is 52.4 Å². The molecule has 4 heterocycles. The summed E-state index contributed by atoms with van der Waals surface area (Å²) in [5, 5.41) is 13.4. The number of halogens is 1. The molecule has 0 saturated heterocycles. The van der Waals surface area contributed by atoms with Gasteiger partial charge in [0.25, 0.3) is 0 Å². The molecule has 9 rings (SSSR count). The number of nitriles is 1. The molecule has 0 spiro atoms. The van der Waals surface area contributed by atoms with Crippen LogP contribution in [0.4, 0.5) is 4.39 Å². The van der Waals surface area contributed by atoms with E-state index in [9.17, 15) is 5.26 Å². The Balaban J connectivity index is 0.000000238.